The molecule has 5 nitrogen and oxygen atoms in total. The molecule has 3 rings (SSSR count). The topological polar surface area (TPSA) is 52.7 Å². The van der Waals surface area contributed by atoms with Crippen molar-refractivity contribution in [2.45, 2.75) is 33.4 Å². The maximum atomic E-state index is 13.4. The van der Waals surface area contributed by atoms with Gasteiger partial charge in [0.1, 0.15) is 5.82 Å². The molecule has 33 heavy (non-hydrogen) atoms. The predicted molar refractivity (Wildman–Crippen MR) is 134 cm³/mol. The van der Waals surface area contributed by atoms with Gasteiger partial charge >= 0.3 is 0 Å². The van der Waals surface area contributed by atoms with Gasteiger partial charge in [-0.2, -0.15) is 0 Å². The molecule has 0 spiro atoms. The Labute approximate surface area is 198 Å². The first-order valence-corrected chi connectivity index (χ1v) is 11.8. The van der Waals surface area contributed by atoms with Crippen LogP contribution in [0.4, 0.5) is 15.8 Å². The summed E-state index contributed by atoms with van der Waals surface area (Å²) in [6.07, 6.45) is 0. The Morgan fingerprint density at radius 2 is 1.73 bits per heavy atom. The fourth-order valence-corrected chi connectivity index (χ4v) is 4.15. The third-order valence-corrected chi connectivity index (χ3v) is 6.58. The lowest BCUT2D eigenvalue weighted by Gasteiger charge is -2.33. The molecule has 0 saturated carbocycles. The molecule has 3 aromatic rings. The normalized spacial score (nSPS) is 11.8. The minimum Gasteiger partial charge on any atom is -0.377 e. The van der Waals surface area contributed by atoms with E-state index in [9.17, 15) is 14.0 Å². The maximum absolute atomic E-state index is 13.4. The van der Waals surface area contributed by atoms with E-state index in [-0.39, 0.29) is 29.6 Å². The number of thiophene rings is 1. The standard InChI is InChI=1S/C26H30FN3O2S/c1-17(2)18(3)30(26(32)19-8-10-21(27)11-9-19)16-20-15-22(12-13-23(20)29(4)5)28-25(31)24-7-6-14-33-24/h6-15,17-18H,16H2,1-5H3,(H,28,31)/t18-/m0/s1. The number of benzene rings is 2. The number of nitrogens with zero attached hydrogens (tertiary/aromatic N) is 2. The third-order valence-electron chi connectivity index (χ3n) is 5.71. The molecule has 0 aliphatic rings. The number of nitrogens with one attached hydrogen (secondary N) is 1. The number of carbonyl (C=O) groups is 2. The Balaban J connectivity index is 1.95. The van der Waals surface area contributed by atoms with Crippen LogP contribution in [0.2, 0.25) is 0 Å². The summed E-state index contributed by atoms with van der Waals surface area (Å²) in [5, 5.41) is 4.81. The quantitative estimate of drug-likeness (QED) is 0.449. The average Bonchev–Trinajstić information content (AvgIpc) is 3.32. The average molecular weight is 468 g/mol. The van der Waals surface area contributed by atoms with Gasteiger partial charge in [0.15, 0.2) is 0 Å². The Bertz CT molecular complexity index is 1100. The van der Waals surface area contributed by atoms with E-state index in [1.54, 1.807) is 6.07 Å². The van der Waals surface area contributed by atoms with Crippen molar-refractivity contribution in [1.29, 1.82) is 0 Å². The van der Waals surface area contributed by atoms with Crippen LogP contribution < -0.4 is 10.2 Å². The fourth-order valence-electron chi connectivity index (χ4n) is 3.53. The van der Waals surface area contributed by atoms with Crippen LogP contribution in [0.15, 0.2) is 60.0 Å². The van der Waals surface area contributed by atoms with Gasteiger partial charge in [0.25, 0.3) is 11.8 Å². The summed E-state index contributed by atoms with van der Waals surface area (Å²) in [5.41, 5.74) is 2.97. The second-order valence-electron chi connectivity index (χ2n) is 8.59. The van der Waals surface area contributed by atoms with E-state index in [1.807, 2.05) is 60.5 Å². The van der Waals surface area contributed by atoms with Gasteiger partial charge in [0.05, 0.1) is 4.88 Å². The highest BCUT2D eigenvalue weighted by atomic mass is 32.1. The summed E-state index contributed by atoms with van der Waals surface area (Å²) in [6.45, 7) is 6.51. The number of anilines is 2. The van der Waals surface area contributed by atoms with Crippen LogP contribution in [0, 0.1) is 11.7 Å². The second-order valence-corrected chi connectivity index (χ2v) is 9.54. The molecule has 174 valence electrons. The summed E-state index contributed by atoms with van der Waals surface area (Å²) in [5.74, 6) is -0.477. The zero-order valence-electron chi connectivity index (χ0n) is 19.6. The van der Waals surface area contributed by atoms with Gasteiger partial charge in [0, 0.05) is 43.6 Å². The molecule has 2 amide bonds. The van der Waals surface area contributed by atoms with Gasteiger partial charge < -0.3 is 15.1 Å². The minimum atomic E-state index is -0.376. The first-order valence-electron chi connectivity index (χ1n) is 10.9. The van der Waals surface area contributed by atoms with Gasteiger partial charge in [0.2, 0.25) is 0 Å². The summed E-state index contributed by atoms with van der Waals surface area (Å²) >= 11 is 1.38. The first kappa shape index (κ1) is 24.5. The van der Waals surface area contributed by atoms with Crippen LogP contribution in [0.25, 0.3) is 0 Å². The van der Waals surface area contributed by atoms with Crippen molar-refractivity contribution in [2.24, 2.45) is 5.92 Å². The molecular formula is C26H30FN3O2S. The number of hydrogen-bond donors (Lipinski definition) is 1. The number of rotatable bonds is 8. The van der Waals surface area contributed by atoms with E-state index in [4.69, 9.17) is 0 Å². The molecule has 1 aromatic heterocycles. The zero-order chi connectivity index (χ0) is 24.1. The van der Waals surface area contributed by atoms with Crippen LogP contribution >= 0.6 is 11.3 Å². The zero-order valence-corrected chi connectivity index (χ0v) is 20.4. The van der Waals surface area contributed by atoms with Gasteiger partial charge in [-0.1, -0.05) is 19.9 Å². The van der Waals surface area contributed by atoms with Gasteiger partial charge in [-0.3, -0.25) is 9.59 Å². The van der Waals surface area contributed by atoms with E-state index in [2.05, 4.69) is 19.2 Å². The van der Waals surface area contributed by atoms with Crippen LogP contribution in [-0.4, -0.2) is 36.9 Å². The lowest BCUT2D eigenvalue weighted by Crippen LogP contribution is -2.41. The van der Waals surface area contributed by atoms with E-state index in [0.29, 0.717) is 22.7 Å². The maximum Gasteiger partial charge on any atom is 0.265 e. The molecule has 7 heteroatoms. The summed E-state index contributed by atoms with van der Waals surface area (Å²) < 4.78 is 13.4. The molecule has 2 aromatic carbocycles. The minimum absolute atomic E-state index is 0.0538. The molecule has 0 fully saturated rings. The molecule has 0 radical (unpaired) electrons. The SMILES string of the molecule is CC(C)[C@H](C)N(Cc1cc(NC(=O)c2cccs2)ccc1N(C)C)C(=O)c1ccc(F)cc1. The largest absolute Gasteiger partial charge is 0.377 e. The lowest BCUT2D eigenvalue weighted by molar-refractivity contribution is 0.0628. The lowest BCUT2D eigenvalue weighted by atomic mass is 10.0. The summed E-state index contributed by atoms with van der Waals surface area (Å²) in [7, 11) is 3.89. The molecule has 1 atom stereocenters. The summed E-state index contributed by atoms with van der Waals surface area (Å²) in [4.78, 5) is 30.4. The van der Waals surface area contributed by atoms with Crippen molar-refractivity contribution < 1.29 is 14.0 Å². The van der Waals surface area contributed by atoms with E-state index < -0.39 is 0 Å². The Hall–Kier alpha value is -3.19. The van der Waals surface area contributed by atoms with E-state index in [1.165, 1.54) is 35.6 Å². The number of hydrogen-bond acceptors (Lipinski definition) is 4. The van der Waals surface area contributed by atoms with Crippen molar-refractivity contribution in [3.63, 3.8) is 0 Å². The smallest absolute Gasteiger partial charge is 0.265 e. The van der Waals surface area contributed by atoms with Gasteiger partial charge in [-0.25, -0.2) is 4.39 Å². The Kier molecular flexibility index (Phi) is 7.87. The van der Waals surface area contributed by atoms with Crippen molar-refractivity contribution >= 4 is 34.5 Å². The molecule has 0 aliphatic heterocycles. The van der Waals surface area contributed by atoms with Gasteiger partial charge in [-0.05, 0) is 72.3 Å². The predicted octanol–water partition coefficient (Wildman–Crippen LogP) is 5.89. The highest BCUT2D eigenvalue weighted by Gasteiger charge is 2.25. The van der Waals surface area contributed by atoms with Gasteiger partial charge in [-0.15, -0.1) is 11.3 Å². The highest BCUT2D eigenvalue weighted by molar-refractivity contribution is 7.12. The number of halogens is 1. The van der Waals surface area contributed by atoms with Crippen molar-refractivity contribution in [3.05, 3.63) is 81.8 Å². The molecule has 0 aliphatic carbocycles. The van der Waals surface area contributed by atoms with Crippen LogP contribution in [0.5, 0.6) is 0 Å². The van der Waals surface area contributed by atoms with E-state index >= 15 is 0 Å². The molecule has 1 N–H and O–H groups in total. The highest BCUT2D eigenvalue weighted by Crippen LogP contribution is 2.28. The van der Waals surface area contributed by atoms with Crippen LogP contribution in [0.3, 0.4) is 0 Å². The molecule has 0 saturated heterocycles. The number of amides is 2. The Morgan fingerprint density at radius 3 is 2.30 bits per heavy atom. The first-order chi connectivity index (χ1) is 15.7. The van der Waals surface area contributed by atoms with Crippen LogP contribution in [-0.2, 0) is 6.54 Å². The van der Waals surface area contributed by atoms with Crippen molar-refractivity contribution in [2.75, 3.05) is 24.3 Å². The van der Waals surface area contributed by atoms with Crippen LogP contribution in [0.1, 0.15) is 46.4 Å². The van der Waals surface area contributed by atoms with Crippen molar-refractivity contribution in [1.82, 2.24) is 4.90 Å². The van der Waals surface area contributed by atoms with E-state index in [0.717, 1.165) is 11.3 Å². The molecule has 0 bridgehead atoms. The molecular weight excluding hydrogens is 437 g/mol. The number of carbonyl (C=O) groups excluding carboxylic acids is 2. The monoisotopic (exact) mass is 467 g/mol. The summed E-state index contributed by atoms with van der Waals surface area (Å²) in [6, 6.07) is 14.9. The fraction of sp³-hybridized carbons (Fsp3) is 0.308. The molecule has 1 heterocycles. The Morgan fingerprint density at radius 1 is 1.03 bits per heavy atom. The third kappa shape index (κ3) is 5.99. The van der Waals surface area contributed by atoms with Crippen molar-refractivity contribution in [3.8, 4) is 0 Å². The molecule has 0 unspecified atom stereocenters. The second kappa shape index (κ2) is 10.6.